The van der Waals surface area contributed by atoms with Gasteiger partial charge in [-0.2, -0.15) is 26.3 Å². The molecule has 0 spiro atoms. The number of alkyl halides is 6. The number of hydrogen-bond acceptors (Lipinski definition) is 4. The van der Waals surface area contributed by atoms with Crippen molar-refractivity contribution in [2.24, 2.45) is 0 Å². The van der Waals surface area contributed by atoms with Gasteiger partial charge in [0.25, 0.3) is 5.69 Å². The van der Waals surface area contributed by atoms with E-state index in [4.69, 9.17) is 0 Å². The Morgan fingerprint density at radius 3 is 2.26 bits per heavy atom. The molecule has 0 aliphatic carbocycles. The maximum atomic E-state index is 13.0. The van der Waals surface area contributed by atoms with Crippen molar-refractivity contribution in [2.75, 3.05) is 11.5 Å². The minimum atomic E-state index is -4.97. The Kier molecular flexibility index (Phi) is 5.71. The summed E-state index contributed by atoms with van der Waals surface area (Å²) in [5.41, 5.74) is -4.49. The number of nitrogens with one attached hydrogen (secondary N) is 1. The lowest BCUT2D eigenvalue weighted by molar-refractivity contribution is -0.387. The quantitative estimate of drug-likeness (QED) is 0.395. The summed E-state index contributed by atoms with van der Waals surface area (Å²) in [5.74, 6) is -1.55. The summed E-state index contributed by atoms with van der Waals surface area (Å²) in [6.45, 7) is 1.50. The lowest BCUT2D eigenvalue weighted by atomic mass is 9.99. The average Bonchev–Trinajstić information content (AvgIpc) is 2.95. The normalized spacial score (nSPS) is 15.1. The zero-order valence-electron chi connectivity index (χ0n) is 13.7. The van der Waals surface area contributed by atoms with E-state index in [1.807, 2.05) is 0 Å². The molecule has 2 aromatic rings. The standard InChI is InChI=1S/C15H14F6N2O3S/c1-2-13(24,6-27-7-14(16,17)18)12-4-8-3-11(23(25)26)9(15(19,20)21)5-10(8)22-12/h3-5,22,24H,2,6-7H2,1H3. The van der Waals surface area contributed by atoms with Crippen molar-refractivity contribution in [2.45, 2.75) is 31.3 Å². The first-order valence-electron chi connectivity index (χ1n) is 7.52. The lowest BCUT2D eigenvalue weighted by Crippen LogP contribution is -2.29. The SMILES string of the molecule is CCC(O)(CSCC(F)(F)F)c1cc2cc([N+](=O)[O-])c(C(F)(F)F)cc2[nH]1. The largest absolute Gasteiger partial charge is 0.423 e. The first-order valence-corrected chi connectivity index (χ1v) is 8.68. The van der Waals surface area contributed by atoms with Crippen molar-refractivity contribution in [3.8, 4) is 0 Å². The molecule has 0 amide bonds. The van der Waals surface area contributed by atoms with Crippen LogP contribution in [0.3, 0.4) is 0 Å². The number of H-pyrrole nitrogens is 1. The Balaban J connectivity index is 2.45. The van der Waals surface area contributed by atoms with Gasteiger partial charge < -0.3 is 10.1 Å². The Bertz CT molecular complexity index is 848. The van der Waals surface area contributed by atoms with Gasteiger partial charge in [0.1, 0.15) is 11.2 Å². The summed E-state index contributed by atoms with van der Waals surface area (Å²) < 4.78 is 76.0. The van der Waals surface area contributed by atoms with Crippen LogP contribution in [0.15, 0.2) is 18.2 Å². The molecule has 0 saturated heterocycles. The monoisotopic (exact) mass is 416 g/mol. The minimum Gasteiger partial charge on any atom is -0.383 e. The van der Waals surface area contributed by atoms with Crippen molar-refractivity contribution < 1.29 is 36.4 Å². The number of thioether (sulfide) groups is 1. The van der Waals surface area contributed by atoms with Crippen LogP contribution in [0.5, 0.6) is 0 Å². The highest BCUT2D eigenvalue weighted by Gasteiger charge is 2.39. The van der Waals surface area contributed by atoms with Crippen LogP contribution < -0.4 is 0 Å². The summed E-state index contributed by atoms with van der Waals surface area (Å²) in [7, 11) is 0. The van der Waals surface area contributed by atoms with Crippen LogP contribution in [0.25, 0.3) is 10.9 Å². The highest BCUT2D eigenvalue weighted by atomic mass is 32.2. The van der Waals surface area contributed by atoms with Crippen LogP contribution in [0.4, 0.5) is 32.0 Å². The highest BCUT2D eigenvalue weighted by Crippen LogP contribution is 2.40. The maximum absolute atomic E-state index is 13.0. The van der Waals surface area contributed by atoms with E-state index < -0.39 is 39.9 Å². The highest BCUT2D eigenvalue weighted by molar-refractivity contribution is 7.99. The van der Waals surface area contributed by atoms with Crippen LogP contribution in [-0.2, 0) is 11.8 Å². The van der Waals surface area contributed by atoms with Gasteiger partial charge >= 0.3 is 12.4 Å². The van der Waals surface area contributed by atoms with E-state index in [0.717, 1.165) is 6.07 Å². The molecular formula is C15H14F6N2O3S. The van der Waals surface area contributed by atoms with Crippen molar-refractivity contribution in [1.29, 1.82) is 0 Å². The van der Waals surface area contributed by atoms with Gasteiger partial charge in [-0.25, -0.2) is 0 Å². The van der Waals surface area contributed by atoms with Gasteiger partial charge in [0.2, 0.25) is 0 Å². The van der Waals surface area contributed by atoms with E-state index in [1.165, 1.54) is 13.0 Å². The fourth-order valence-electron chi connectivity index (χ4n) is 2.50. The first-order chi connectivity index (χ1) is 12.3. The molecule has 5 nitrogen and oxygen atoms in total. The van der Waals surface area contributed by atoms with Gasteiger partial charge in [0.15, 0.2) is 0 Å². The number of halogens is 6. The zero-order chi connectivity index (χ0) is 20.6. The number of fused-ring (bicyclic) bond motifs is 1. The van der Waals surface area contributed by atoms with E-state index >= 15 is 0 Å². The van der Waals surface area contributed by atoms with E-state index in [2.05, 4.69) is 4.98 Å². The Morgan fingerprint density at radius 2 is 1.78 bits per heavy atom. The number of rotatable bonds is 6. The maximum Gasteiger partial charge on any atom is 0.423 e. The fraction of sp³-hybridized carbons (Fsp3) is 0.467. The van der Waals surface area contributed by atoms with Gasteiger partial charge in [-0.15, -0.1) is 11.8 Å². The molecule has 0 radical (unpaired) electrons. The number of benzene rings is 1. The van der Waals surface area contributed by atoms with Crippen LogP contribution in [0.1, 0.15) is 24.6 Å². The summed E-state index contributed by atoms with van der Waals surface area (Å²) in [5, 5.41) is 21.6. The van der Waals surface area contributed by atoms with Crippen molar-refractivity contribution >= 4 is 28.4 Å². The molecule has 1 atom stereocenters. The second-order valence-electron chi connectivity index (χ2n) is 5.89. The number of nitro benzene ring substituents is 1. The molecule has 1 heterocycles. The number of aromatic amines is 1. The summed E-state index contributed by atoms with van der Waals surface area (Å²) in [6, 6.07) is 2.48. The second-order valence-corrected chi connectivity index (χ2v) is 6.87. The fourth-order valence-corrected chi connectivity index (χ4v) is 3.53. The van der Waals surface area contributed by atoms with Crippen LogP contribution in [0.2, 0.25) is 0 Å². The van der Waals surface area contributed by atoms with E-state index in [0.29, 0.717) is 17.8 Å². The molecule has 27 heavy (non-hydrogen) atoms. The van der Waals surface area contributed by atoms with Gasteiger partial charge in [-0.05, 0) is 18.6 Å². The molecule has 0 fully saturated rings. The molecule has 1 aromatic heterocycles. The number of aliphatic hydroxyl groups is 1. The van der Waals surface area contributed by atoms with E-state index in [-0.39, 0.29) is 28.8 Å². The Morgan fingerprint density at radius 1 is 1.15 bits per heavy atom. The molecule has 0 bridgehead atoms. The van der Waals surface area contributed by atoms with Crippen LogP contribution >= 0.6 is 11.8 Å². The van der Waals surface area contributed by atoms with Gasteiger partial charge in [-0.1, -0.05) is 6.92 Å². The van der Waals surface area contributed by atoms with Crippen molar-refractivity contribution in [3.63, 3.8) is 0 Å². The van der Waals surface area contributed by atoms with E-state index in [1.54, 1.807) is 0 Å². The molecule has 0 aliphatic rings. The van der Waals surface area contributed by atoms with Gasteiger partial charge in [-0.3, -0.25) is 10.1 Å². The zero-order valence-corrected chi connectivity index (χ0v) is 14.6. The smallest absolute Gasteiger partial charge is 0.383 e. The predicted octanol–water partition coefficient (Wildman–Crippen LogP) is 4.99. The van der Waals surface area contributed by atoms with Crippen molar-refractivity contribution in [3.05, 3.63) is 39.6 Å². The number of nitrogens with zero attached hydrogens (tertiary/aromatic N) is 1. The lowest BCUT2D eigenvalue weighted by Gasteiger charge is -2.25. The average molecular weight is 416 g/mol. The van der Waals surface area contributed by atoms with E-state index in [9.17, 15) is 41.6 Å². The van der Waals surface area contributed by atoms with Gasteiger partial charge in [0, 0.05) is 28.4 Å². The first kappa shape index (κ1) is 21.4. The summed E-state index contributed by atoms with van der Waals surface area (Å²) in [6.07, 6.45) is -9.41. The minimum absolute atomic E-state index is 0.0108. The molecule has 2 rings (SSSR count). The summed E-state index contributed by atoms with van der Waals surface area (Å²) in [4.78, 5) is 12.3. The third kappa shape index (κ3) is 4.86. The third-order valence-corrected chi connectivity index (χ3v) is 5.15. The van der Waals surface area contributed by atoms with Crippen LogP contribution in [-0.4, -0.2) is 32.7 Å². The Labute approximate surface area is 152 Å². The van der Waals surface area contributed by atoms with Gasteiger partial charge in [0.05, 0.1) is 10.7 Å². The van der Waals surface area contributed by atoms with Crippen molar-refractivity contribution in [1.82, 2.24) is 4.98 Å². The predicted molar refractivity (Wildman–Crippen MR) is 87.5 cm³/mol. The molecule has 150 valence electrons. The molecule has 0 aliphatic heterocycles. The molecule has 2 N–H and O–H groups in total. The second kappa shape index (κ2) is 7.23. The summed E-state index contributed by atoms with van der Waals surface area (Å²) >= 11 is 0.429. The molecule has 0 saturated carbocycles. The Hall–Kier alpha value is -1.95. The molecule has 12 heteroatoms. The number of aromatic nitrogens is 1. The number of hydrogen-bond donors (Lipinski definition) is 2. The molecule has 1 aromatic carbocycles. The topological polar surface area (TPSA) is 79.2 Å². The molecular weight excluding hydrogens is 402 g/mol. The number of nitro groups is 1. The molecule has 1 unspecified atom stereocenters. The van der Waals surface area contributed by atoms with Crippen LogP contribution in [0, 0.1) is 10.1 Å². The third-order valence-electron chi connectivity index (χ3n) is 3.93.